The molecule has 0 atom stereocenters. The third-order valence-electron chi connectivity index (χ3n) is 7.99. The number of benzene rings is 2. The van der Waals surface area contributed by atoms with Gasteiger partial charge in [-0.1, -0.05) is 50.6 Å². The van der Waals surface area contributed by atoms with Crippen LogP contribution in [0.3, 0.4) is 0 Å². The summed E-state index contributed by atoms with van der Waals surface area (Å²) >= 11 is 0. The van der Waals surface area contributed by atoms with E-state index in [1.807, 2.05) is 61.5 Å². The molecule has 1 aliphatic heterocycles. The maximum atomic E-state index is 13.4. The Hall–Kier alpha value is -4.67. The Labute approximate surface area is 260 Å². The highest BCUT2D eigenvalue weighted by Crippen LogP contribution is 2.33. The number of anilines is 2. The predicted octanol–water partition coefficient (Wildman–Crippen LogP) is 7.63. The molecule has 236 valence electrons. The van der Waals surface area contributed by atoms with Gasteiger partial charge in [-0.2, -0.15) is 18.3 Å². The van der Waals surface area contributed by atoms with Crippen molar-refractivity contribution in [2.75, 3.05) is 23.7 Å². The largest absolute Gasteiger partial charge is 0.417 e. The summed E-state index contributed by atoms with van der Waals surface area (Å²) in [5.41, 5.74) is 2.94. The molecule has 0 saturated carbocycles. The van der Waals surface area contributed by atoms with Crippen molar-refractivity contribution in [2.24, 2.45) is 5.92 Å². The van der Waals surface area contributed by atoms with Crippen molar-refractivity contribution in [1.29, 1.82) is 0 Å². The first-order valence-corrected chi connectivity index (χ1v) is 14.9. The van der Waals surface area contributed by atoms with Crippen LogP contribution in [0.25, 0.3) is 5.69 Å². The quantitative estimate of drug-likeness (QED) is 0.232. The molecule has 0 unspecified atom stereocenters. The van der Waals surface area contributed by atoms with Crippen LogP contribution < -0.4 is 10.6 Å². The van der Waals surface area contributed by atoms with Gasteiger partial charge in [-0.25, -0.2) is 9.48 Å². The number of nitrogens with zero attached hydrogens (tertiary/aromatic N) is 4. The lowest BCUT2D eigenvalue weighted by atomic mass is 9.90. The second kappa shape index (κ2) is 12.7. The third kappa shape index (κ3) is 7.71. The third-order valence-corrected chi connectivity index (χ3v) is 7.99. The Bertz CT molecular complexity index is 1650. The van der Waals surface area contributed by atoms with Gasteiger partial charge < -0.3 is 10.2 Å². The van der Waals surface area contributed by atoms with E-state index in [9.17, 15) is 22.8 Å². The zero-order valence-corrected chi connectivity index (χ0v) is 25.8. The van der Waals surface area contributed by atoms with Crippen molar-refractivity contribution in [2.45, 2.75) is 58.5 Å². The Morgan fingerprint density at radius 2 is 1.60 bits per heavy atom. The molecule has 2 N–H and O–H groups in total. The maximum Gasteiger partial charge on any atom is 0.417 e. The topological polar surface area (TPSA) is 92.2 Å². The van der Waals surface area contributed by atoms with Crippen molar-refractivity contribution < 1.29 is 22.8 Å². The van der Waals surface area contributed by atoms with Crippen LogP contribution in [-0.4, -0.2) is 44.7 Å². The lowest BCUT2D eigenvalue weighted by molar-refractivity contribution is -0.138. The maximum absolute atomic E-state index is 13.4. The standard InChI is InChI=1S/C34H37F3N6O2/c1-22-5-11-26(12-6-22)43-30(20-29(41-43)33(2,3)4)40-32(45)39-25-9-7-23(8-10-25)19-24-14-17-42(18-15-24)31(44)27-21-38-16-13-28(27)34(35,36)37/h5-13,16,20-21,24H,14-15,17-19H2,1-4H3,(H2,39,40,45). The molecule has 3 heterocycles. The van der Waals surface area contributed by atoms with E-state index in [1.54, 1.807) is 4.68 Å². The average molecular weight is 619 g/mol. The zero-order chi connectivity index (χ0) is 32.4. The molecule has 5 rings (SSSR count). The number of carbonyl (C=O) groups is 2. The first-order chi connectivity index (χ1) is 21.3. The van der Waals surface area contributed by atoms with E-state index in [0.717, 1.165) is 47.4 Å². The van der Waals surface area contributed by atoms with Crippen LogP contribution in [0.2, 0.25) is 0 Å². The number of hydrogen-bond acceptors (Lipinski definition) is 4. The van der Waals surface area contributed by atoms with Gasteiger partial charge in [-0.3, -0.25) is 15.1 Å². The SMILES string of the molecule is Cc1ccc(-n2nc(C(C)(C)C)cc2NC(=O)Nc2ccc(CC3CCN(C(=O)c4cnccc4C(F)(F)F)CC3)cc2)cc1. The number of pyridine rings is 1. The van der Waals surface area contributed by atoms with Gasteiger partial charge in [0.1, 0.15) is 5.82 Å². The highest BCUT2D eigenvalue weighted by Gasteiger charge is 2.37. The summed E-state index contributed by atoms with van der Waals surface area (Å²) in [5, 5.41) is 10.6. The molecule has 1 saturated heterocycles. The number of halogens is 3. The van der Waals surface area contributed by atoms with Crippen molar-refractivity contribution >= 4 is 23.4 Å². The van der Waals surface area contributed by atoms with Gasteiger partial charge in [0.15, 0.2) is 0 Å². The van der Waals surface area contributed by atoms with Crippen LogP contribution in [0.4, 0.5) is 29.5 Å². The van der Waals surface area contributed by atoms with E-state index in [-0.39, 0.29) is 11.3 Å². The van der Waals surface area contributed by atoms with Gasteiger partial charge in [-0.15, -0.1) is 0 Å². The normalized spacial score (nSPS) is 14.3. The predicted molar refractivity (Wildman–Crippen MR) is 168 cm³/mol. The summed E-state index contributed by atoms with van der Waals surface area (Å²) < 4.78 is 41.9. The number of rotatable bonds is 6. The summed E-state index contributed by atoms with van der Waals surface area (Å²) in [5.74, 6) is 0.200. The van der Waals surface area contributed by atoms with E-state index in [0.29, 0.717) is 37.4 Å². The number of aryl methyl sites for hydroxylation is 1. The fourth-order valence-electron chi connectivity index (χ4n) is 5.38. The van der Waals surface area contributed by atoms with Crippen LogP contribution in [0.15, 0.2) is 73.1 Å². The Morgan fingerprint density at radius 1 is 0.933 bits per heavy atom. The second-order valence-electron chi connectivity index (χ2n) is 12.5. The number of piperidine rings is 1. The minimum Gasteiger partial charge on any atom is -0.339 e. The molecule has 2 aromatic heterocycles. The molecule has 0 radical (unpaired) electrons. The Kier molecular flexibility index (Phi) is 8.99. The summed E-state index contributed by atoms with van der Waals surface area (Å²) in [7, 11) is 0. The summed E-state index contributed by atoms with van der Waals surface area (Å²) in [6.45, 7) is 8.98. The van der Waals surface area contributed by atoms with Gasteiger partial charge in [0.25, 0.3) is 5.91 Å². The molecule has 11 heteroatoms. The highest BCUT2D eigenvalue weighted by atomic mass is 19.4. The molecular weight excluding hydrogens is 581 g/mol. The van der Waals surface area contributed by atoms with Gasteiger partial charge in [0.2, 0.25) is 0 Å². The average Bonchev–Trinajstić information content (AvgIpc) is 3.42. The number of amides is 3. The van der Waals surface area contributed by atoms with Crippen molar-refractivity contribution in [3.05, 3.63) is 101 Å². The van der Waals surface area contributed by atoms with Crippen molar-refractivity contribution in [3.63, 3.8) is 0 Å². The highest BCUT2D eigenvalue weighted by molar-refractivity contribution is 5.99. The molecule has 3 amide bonds. The molecule has 8 nitrogen and oxygen atoms in total. The van der Waals surface area contributed by atoms with E-state index < -0.39 is 29.2 Å². The lowest BCUT2D eigenvalue weighted by Gasteiger charge is -2.32. The molecular formula is C34H37F3N6O2. The number of nitrogens with one attached hydrogen (secondary N) is 2. The van der Waals surface area contributed by atoms with Gasteiger partial charge >= 0.3 is 12.2 Å². The lowest BCUT2D eigenvalue weighted by Crippen LogP contribution is -2.39. The van der Waals surface area contributed by atoms with Crippen LogP contribution in [0.1, 0.15) is 66.4 Å². The fourth-order valence-corrected chi connectivity index (χ4v) is 5.38. The number of alkyl halides is 3. The molecule has 1 aliphatic rings. The summed E-state index contributed by atoms with van der Waals surface area (Å²) in [4.78, 5) is 31.1. The van der Waals surface area contributed by atoms with Crippen molar-refractivity contribution in [1.82, 2.24) is 19.7 Å². The van der Waals surface area contributed by atoms with Crippen LogP contribution in [-0.2, 0) is 18.0 Å². The van der Waals surface area contributed by atoms with Crippen LogP contribution in [0, 0.1) is 12.8 Å². The molecule has 1 fully saturated rings. The Morgan fingerprint density at radius 3 is 2.22 bits per heavy atom. The van der Waals surface area contributed by atoms with Gasteiger partial charge in [-0.05, 0) is 68.0 Å². The van der Waals surface area contributed by atoms with E-state index in [2.05, 4.69) is 36.4 Å². The molecule has 4 aromatic rings. The van der Waals surface area contributed by atoms with Crippen molar-refractivity contribution in [3.8, 4) is 5.69 Å². The monoisotopic (exact) mass is 618 g/mol. The molecule has 45 heavy (non-hydrogen) atoms. The summed E-state index contributed by atoms with van der Waals surface area (Å²) in [6, 6.07) is 17.8. The minimum atomic E-state index is -4.62. The molecule has 0 aliphatic carbocycles. The van der Waals surface area contributed by atoms with E-state index in [1.165, 1.54) is 4.90 Å². The zero-order valence-electron chi connectivity index (χ0n) is 25.8. The Balaban J connectivity index is 1.16. The number of hydrogen-bond donors (Lipinski definition) is 2. The second-order valence-corrected chi connectivity index (χ2v) is 12.5. The fraction of sp³-hybridized carbons (Fsp3) is 0.353. The van der Waals surface area contributed by atoms with Crippen LogP contribution >= 0.6 is 0 Å². The number of aromatic nitrogens is 3. The smallest absolute Gasteiger partial charge is 0.339 e. The molecule has 2 aromatic carbocycles. The van der Waals surface area contributed by atoms with E-state index in [4.69, 9.17) is 5.10 Å². The van der Waals surface area contributed by atoms with Crippen LogP contribution in [0.5, 0.6) is 0 Å². The first-order valence-electron chi connectivity index (χ1n) is 14.9. The minimum absolute atomic E-state index is 0.207. The number of carbonyl (C=O) groups excluding carboxylic acids is 2. The molecule has 0 spiro atoms. The van der Waals surface area contributed by atoms with Gasteiger partial charge in [0, 0.05) is 42.7 Å². The number of urea groups is 1. The number of likely N-dealkylation sites (tertiary alicyclic amines) is 1. The summed E-state index contributed by atoms with van der Waals surface area (Å²) in [6.07, 6.45) is -0.450. The van der Waals surface area contributed by atoms with Gasteiger partial charge in [0.05, 0.1) is 22.5 Å². The van der Waals surface area contributed by atoms with E-state index >= 15 is 0 Å². The first kappa shape index (κ1) is 31.7. The molecule has 0 bridgehead atoms.